The van der Waals surface area contributed by atoms with E-state index in [4.69, 9.17) is 27.6 Å². The number of carbonyl (C=O) groups is 1. The van der Waals surface area contributed by atoms with Crippen LogP contribution in [0.5, 0.6) is 0 Å². The topological polar surface area (TPSA) is 66.0 Å². The van der Waals surface area contributed by atoms with Crippen LogP contribution in [0.3, 0.4) is 0 Å². The SMILES string of the molecule is C[C@H]1CCCC[C@@H]1NC(=O)/C(C#N)=C/c1ccc(-c2cc(Cl)ccc2Cl)o1. The lowest BCUT2D eigenvalue weighted by Crippen LogP contribution is -2.41. The first-order valence-electron chi connectivity index (χ1n) is 8.96. The van der Waals surface area contributed by atoms with Crippen LogP contribution in [0.15, 0.2) is 40.3 Å². The van der Waals surface area contributed by atoms with Crippen molar-refractivity contribution in [2.75, 3.05) is 0 Å². The molecule has 0 unspecified atom stereocenters. The van der Waals surface area contributed by atoms with Gasteiger partial charge in [0.15, 0.2) is 0 Å². The summed E-state index contributed by atoms with van der Waals surface area (Å²) in [6.07, 6.45) is 5.78. The Labute approximate surface area is 168 Å². The fourth-order valence-electron chi connectivity index (χ4n) is 3.33. The lowest BCUT2D eigenvalue weighted by Gasteiger charge is -2.29. The zero-order chi connectivity index (χ0) is 19.4. The van der Waals surface area contributed by atoms with Crippen molar-refractivity contribution in [2.45, 2.75) is 38.6 Å². The monoisotopic (exact) mass is 402 g/mol. The molecule has 1 amide bonds. The number of carbonyl (C=O) groups excluding carboxylic acids is 1. The van der Waals surface area contributed by atoms with Gasteiger partial charge < -0.3 is 9.73 Å². The second-order valence-electron chi connectivity index (χ2n) is 6.84. The van der Waals surface area contributed by atoms with Crippen LogP contribution in [0.2, 0.25) is 10.0 Å². The fraction of sp³-hybridized carbons (Fsp3) is 0.333. The Balaban J connectivity index is 1.78. The van der Waals surface area contributed by atoms with Gasteiger partial charge in [-0.25, -0.2) is 0 Å². The van der Waals surface area contributed by atoms with Gasteiger partial charge in [-0.3, -0.25) is 4.79 Å². The summed E-state index contributed by atoms with van der Waals surface area (Å²) < 4.78 is 5.75. The molecule has 0 aliphatic heterocycles. The van der Waals surface area contributed by atoms with E-state index in [2.05, 4.69) is 12.2 Å². The molecule has 3 rings (SSSR count). The van der Waals surface area contributed by atoms with E-state index >= 15 is 0 Å². The molecule has 2 aromatic rings. The predicted molar refractivity (Wildman–Crippen MR) is 107 cm³/mol. The molecule has 0 spiro atoms. The zero-order valence-electron chi connectivity index (χ0n) is 15.0. The number of nitrogens with zero attached hydrogens (tertiary/aromatic N) is 1. The second kappa shape index (κ2) is 8.65. The molecule has 0 bridgehead atoms. The summed E-state index contributed by atoms with van der Waals surface area (Å²) in [6, 6.07) is 10.6. The van der Waals surface area contributed by atoms with Crippen molar-refractivity contribution in [3.63, 3.8) is 0 Å². The van der Waals surface area contributed by atoms with E-state index in [1.807, 2.05) is 6.07 Å². The molecule has 1 heterocycles. The van der Waals surface area contributed by atoms with Gasteiger partial charge in [0.05, 0.1) is 5.02 Å². The maximum Gasteiger partial charge on any atom is 0.262 e. The van der Waals surface area contributed by atoms with Crippen LogP contribution < -0.4 is 5.32 Å². The van der Waals surface area contributed by atoms with Gasteiger partial charge in [0.25, 0.3) is 5.91 Å². The Morgan fingerprint density at radius 3 is 2.78 bits per heavy atom. The van der Waals surface area contributed by atoms with E-state index in [0.29, 0.717) is 33.0 Å². The molecular formula is C21H20Cl2N2O2. The number of hydrogen-bond donors (Lipinski definition) is 1. The van der Waals surface area contributed by atoms with Gasteiger partial charge in [-0.05, 0) is 49.1 Å². The summed E-state index contributed by atoms with van der Waals surface area (Å²) in [5.74, 6) is 0.981. The normalized spacial score (nSPS) is 20.1. The van der Waals surface area contributed by atoms with Gasteiger partial charge in [-0.2, -0.15) is 5.26 Å². The first-order chi connectivity index (χ1) is 13.0. The van der Waals surface area contributed by atoms with Crippen LogP contribution in [0.1, 0.15) is 38.4 Å². The minimum atomic E-state index is -0.366. The van der Waals surface area contributed by atoms with E-state index in [9.17, 15) is 10.1 Å². The van der Waals surface area contributed by atoms with E-state index in [0.717, 1.165) is 19.3 Å². The van der Waals surface area contributed by atoms with Gasteiger partial charge in [0, 0.05) is 22.7 Å². The standard InChI is InChI=1S/C21H20Cl2N2O2/c1-13-4-2-3-5-19(13)25-21(26)14(12-24)10-16-7-9-20(27-16)17-11-15(22)6-8-18(17)23/h6-11,13,19H,2-5H2,1H3,(H,25,26)/b14-10+/t13-,19-/m0/s1. The number of hydrogen-bond acceptors (Lipinski definition) is 3. The van der Waals surface area contributed by atoms with Crippen molar-refractivity contribution < 1.29 is 9.21 Å². The molecule has 140 valence electrons. The van der Waals surface area contributed by atoms with Crippen molar-refractivity contribution >= 4 is 35.2 Å². The van der Waals surface area contributed by atoms with Crippen LogP contribution in [0.4, 0.5) is 0 Å². The molecule has 1 saturated carbocycles. The summed E-state index contributed by atoms with van der Waals surface area (Å²) in [5.41, 5.74) is 0.675. The molecule has 1 fully saturated rings. The van der Waals surface area contributed by atoms with Crippen molar-refractivity contribution in [1.29, 1.82) is 5.26 Å². The molecule has 1 aliphatic rings. The Kier molecular flexibility index (Phi) is 6.26. The van der Waals surface area contributed by atoms with E-state index in [1.54, 1.807) is 30.3 Å². The van der Waals surface area contributed by atoms with Gasteiger partial charge in [-0.1, -0.05) is 43.0 Å². The summed E-state index contributed by atoms with van der Waals surface area (Å²) >= 11 is 12.2. The molecule has 1 N–H and O–H groups in total. The van der Waals surface area contributed by atoms with Gasteiger partial charge in [0.1, 0.15) is 23.2 Å². The average molecular weight is 403 g/mol. The van der Waals surface area contributed by atoms with Gasteiger partial charge >= 0.3 is 0 Å². The number of nitriles is 1. The van der Waals surface area contributed by atoms with Gasteiger partial charge in [-0.15, -0.1) is 0 Å². The Morgan fingerprint density at radius 1 is 1.26 bits per heavy atom. The van der Waals surface area contributed by atoms with Crippen molar-refractivity contribution in [3.05, 3.63) is 51.7 Å². The van der Waals surface area contributed by atoms with Crippen molar-refractivity contribution in [2.24, 2.45) is 5.92 Å². The third-order valence-electron chi connectivity index (χ3n) is 4.90. The molecule has 1 aliphatic carbocycles. The summed E-state index contributed by atoms with van der Waals surface area (Å²) in [7, 11) is 0. The maximum absolute atomic E-state index is 12.5. The average Bonchev–Trinajstić information content (AvgIpc) is 3.12. The third-order valence-corrected chi connectivity index (χ3v) is 5.46. The number of amides is 1. The molecule has 1 aromatic carbocycles. The minimum absolute atomic E-state index is 0.0193. The molecule has 2 atom stereocenters. The van der Waals surface area contributed by atoms with Crippen LogP contribution >= 0.6 is 23.2 Å². The van der Waals surface area contributed by atoms with Crippen molar-refractivity contribution in [1.82, 2.24) is 5.32 Å². The summed E-state index contributed by atoms with van der Waals surface area (Å²) in [6.45, 7) is 2.13. The highest BCUT2D eigenvalue weighted by Crippen LogP contribution is 2.32. The number of nitrogens with one attached hydrogen (secondary N) is 1. The number of rotatable bonds is 4. The third kappa shape index (κ3) is 4.74. The molecule has 0 radical (unpaired) electrons. The lowest BCUT2D eigenvalue weighted by molar-refractivity contribution is -0.118. The quantitative estimate of drug-likeness (QED) is 0.514. The van der Waals surface area contributed by atoms with E-state index in [-0.39, 0.29) is 17.5 Å². The van der Waals surface area contributed by atoms with Crippen LogP contribution in [-0.2, 0) is 4.79 Å². The minimum Gasteiger partial charge on any atom is -0.457 e. The highest BCUT2D eigenvalue weighted by Gasteiger charge is 2.24. The lowest BCUT2D eigenvalue weighted by atomic mass is 9.86. The molecule has 4 nitrogen and oxygen atoms in total. The first-order valence-corrected chi connectivity index (χ1v) is 9.71. The Hall–Kier alpha value is -2.22. The molecule has 1 aromatic heterocycles. The largest absolute Gasteiger partial charge is 0.457 e. The smallest absolute Gasteiger partial charge is 0.262 e. The second-order valence-corrected chi connectivity index (χ2v) is 7.68. The highest BCUT2D eigenvalue weighted by molar-refractivity contribution is 6.35. The number of furan rings is 1. The predicted octanol–water partition coefficient (Wildman–Crippen LogP) is 5.86. The van der Waals surface area contributed by atoms with Crippen LogP contribution in [-0.4, -0.2) is 11.9 Å². The Morgan fingerprint density at radius 2 is 2.04 bits per heavy atom. The van der Waals surface area contributed by atoms with E-state index < -0.39 is 0 Å². The van der Waals surface area contributed by atoms with Crippen LogP contribution in [0.25, 0.3) is 17.4 Å². The van der Waals surface area contributed by atoms with Crippen LogP contribution in [0, 0.1) is 17.2 Å². The molecule has 0 saturated heterocycles. The molecular weight excluding hydrogens is 383 g/mol. The van der Waals surface area contributed by atoms with Crippen molar-refractivity contribution in [3.8, 4) is 17.4 Å². The molecule has 6 heteroatoms. The highest BCUT2D eigenvalue weighted by atomic mass is 35.5. The fourth-order valence-corrected chi connectivity index (χ4v) is 3.71. The first kappa shape index (κ1) is 19.5. The van der Waals surface area contributed by atoms with Gasteiger partial charge in [0.2, 0.25) is 0 Å². The Bertz CT molecular complexity index is 911. The molecule has 27 heavy (non-hydrogen) atoms. The number of benzene rings is 1. The number of halogens is 2. The summed E-state index contributed by atoms with van der Waals surface area (Å²) in [5, 5.41) is 13.4. The van der Waals surface area contributed by atoms with E-state index in [1.165, 1.54) is 12.5 Å². The summed E-state index contributed by atoms with van der Waals surface area (Å²) in [4.78, 5) is 12.5. The zero-order valence-corrected chi connectivity index (χ0v) is 16.5. The maximum atomic E-state index is 12.5.